The molecule has 5 heteroatoms. The second-order valence-electron chi connectivity index (χ2n) is 5.99. The van der Waals surface area contributed by atoms with Gasteiger partial charge in [0.1, 0.15) is 0 Å². The maximum atomic E-state index is 12.1. The summed E-state index contributed by atoms with van der Waals surface area (Å²) >= 11 is 0. The van der Waals surface area contributed by atoms with E-state index in [1.54, 1.807) is 4.90 Å². The Hall–Kier alpha value is -2.04. The third-order valence-electron chi connectivity index (χ3n) is 4.54. The number of nitrogens with zero attached hydrogens (tertiary/aromatic N) is 2. The number of hydrogen-bond donors (Lipinski definition) is 0. The number of methoxy groups -OCH3 is 1. The van der Waals surface area contributed by atoms with Crippen LogP contribution >= 0.6 is 0 Å². The van der Waals surface area contributed by atoms with Crippen molar-refractivity contribution in [3.05, 3.63) is 24.3 Å². The highest BCUT2D eigenvalue weighted by Gasteiger charge is 2.35. The van der Waals surface area contributed by atoms with E-state index in [-0.39, 0.29) is 24.2 Å². The fourth-order valence-corrected chi connectivity index (χ4v) is 3.28. The fourth-order valence-electron chi connectivity index (χ4n) is 3.28. The topological polar surface area (TPSA) is 49.9 Å². The Bertz CT molecular complexity index is 550. The van der Waals surface area contributed by atoms with Crippen molar-refractivity contribution < 1.29 is 14.3 Å². The van der Waals surface area contributed by atoms with Crippen LogP contribution in [0.5, 0.6) is 0 Å². The number of esters is 1. The molecule has 2 fully saturated rings. The van der Waals surface area contributed by atoms with Crippen molar-refractivity contribution in [2.24, 2.45) is 5.92 Å². The molecule has 0 bridgehead atoms. The zero-order chi connectivity index (χ0) is 15.5. The molecule has 2 aliphatic heterocycles. The van der Waals surface area contributed by atoms with Gasteiger partial charge in [-0.15, -0.1) is 0 Å². The monoisotopic (exact) mass is 302 g/mol. The number of benzene rings is 1. The summed E-state index contributed by atoms with van der Waals surface area (Å²) in [6.45, 7) is 2.62. The van der Waals surface area contributed by atoms with E-state index in [1.165, 1.54) is 32.1 Å². The van der Waals surface area contributed by atoms with Crippen LogP contribution in [0.1, 0.15) is 25.7 Å². The summed E-state index contributed by atoms with van der Waals surface area (Å²) in [7, 11) is 1.36. The van der Waals surface area contributed by atoms with Gasteiger partial charge in [-0.1, -0.05) is 0 Å². The Morgan fingerprint density at radius 2 is 1.73 bits per heavy atom. The van der Waals surface area contributed by atoms with Crippen LogP contribution < -0.4 is 9.80 Å². The lowest BCUT2D eigenvalue weighted by Gasteiger charge is -2.29. The molecule has 0 N–H and O–H groups in total. The van der Waals surface area contributed by atoms with Gasteiger partial charge < -0.3 is 14.5 Å². The first-order valence-electron chi connectivity index (χ1n) is 7.92. The highest BCUT2D eigenvalue weighted by molar-refractivity contribution is 5.99. The first-order valence-corrected chi connectivity index (χ1v) is 7.92. The van der Waals surface area contributed by atoms with Gasteiger partial charge in [-0.25, -0.2) is 0 Å². The van der Waals surface area contributed by atoms with Crippen LogP contribution in [0.4, 0.5) is 11.4 Å². The number of hydrogen-bond acceptors (Lipinski definition) is 4. The quantitative estimate of drug-likeness (QED) is 0.803. The predicted molar refractivity (Wildman–Crippen MR) is 85.0 cm³/mol. The Kier molecular flexibility index (Phi) is 4.32. The van der Waals surface area contributed by atoms with Crippen LogP contribution in [0.2, 0.25) is 0 Å². The summed E-state index contributed by atoms with van der Waals surface area (Å²) in [5.74, 6) is -0.666. The van der Waals surface area contributed by atoms with Crippen molar-refractivity contribution >= 4 is 23.3 Å². The van der Waals surface area contributed by atoms with Crippen molar-refractivity contribution in [1.29, 1.82) is 0 Å². The summed E-state index contributed by atoms with van der Waals surface area (Å²) in [4.78, 5) is 27.8. The Balaban J connectivity index is 1.70. The molecule has 0 aromatic heterocycles. The van der Waals surface area contributed by atoms with E-state index in [0.29, 0.717) is 6.54 Å². The lowest BCUT2D eigenvalue weighted by molar-refractivity contribution is -0.145. The molecule has 0 aliphatic carbocycles. The van der Waals surface area contributed by atoms with E-state index >= 15 is 0 Å². The van der Waals surface area contributed by atoms with E-state index in [0.717, 1.165) is 18.8 Å². The second kappa shape index (κ2) is 6.38. The van der Waals surface area contributed by atoms with Gasteiger partial charge in [-0.05, 0) is 43.5 Å². The number of anilines is 2. The molecule has 2 saturated heterocycles. The molecule has 0 spiro atoms. The number of carbonyl (C=O) groups is 2. The lowest BCUT2D eigenvalue weighted by Crippen LogP contribution is -2.29. The molecule has 0 saturated carbocycles. The predicted octanol–water partition coefficient (Wildman–Crippen LogP) is 2.20. The largest absolute Gasteiger partial charge is 0.469 e. The van der Waals surface area contributed by atoms with Gasteiger partial charge in [-0.3, -0.25) is 9.59 Å². The number of amides is 1. The highest BCUT2D eigenvalue weighted by atomic mass is 16.5. The number of piperidine rings is 1. The van der Waals surface area contributed by atoms with Crippen LogP contribution in [0.3, 0.4) is 0 Å². The molecule has 1 amide bonds. The van der Waals surface area contributed by atoms with E-state index in [1.807, 2.05) is 12.1 Å². The summed E-state index contributed by atoms with van der Waals surface area (Å²) < 4.78 is 4.74. The maximum Gasteiger partial charge on any atom is 0.311 e. The zero-order valence-corrected chi connectivity index (χ0v) is 13.0. The van der Waals surface area contributed by atoms with Crippen molar-refractivity contribution in [3.8, 4) is 0 Å². The molecule has 0 unspecified atom stereocenters. The fraction of sp³-hybridized carbons (Fsp3) is 0.529. The molecule has 0 radical (unpaired) electrons. The maximum absolute atomic E-state index is 12.1. The van der Waals surface area contributed by atoms with Gasteiger partial charge in [0, 0.05) is 37.4 Å². The standard InChI is InChI=1S/C17H22N2O3/c1-22-17(21)13-11-16(20)19(12-13)15-7-5-14(6-8-15)18-9-3-2-4-10-18/h5-8,13H,2-4,9-12H2,1H3/t13-/m0/s1. The van der Waals surface area contributed by atoms with Crippen LogP contribution in [0.25, 0.3) is 0 Å². The van der Waals surface area contributed by atoms with Gasteiger partial charge in [-0.2, -0.15) is 0 Å². The minimum atomic E-state index is -0.348. The summed E-state index contributed by atoms with van der Waals surface area (Å²) in [6, 6.07) is 8.09. The van der Waals surface area contributed by atoms with E-state index in [9.17, 15) is 9.59 Å². The van der Waals surface area contributed by atoms with Crippen molar-refractivity contribution in [2.45, 2.75) is 25.7 Å². The summed E-state index contributed by atoms with van der Waals surface area (Å²) in [6.07, 6.45) is 4.03. The van der Waals surface area contributed by atoms with Gasteiger partial charge in [0.2, 0.25) is 5.91 Å². The molecule has 118 valence electrons. The van der Waals surface area contributed by atoms with Crippen LogP contribution in [0, 0.1) is 5.92 Å². The Labute approximate surface area is 130 Å². The smallest absolute Gasteiger partial charge is 0.311 e. The molecule has 5 nitrogen and oxygen atoms in total. The third kappa shape index (κ3) is 2.93. The Morgan fingerprint density at radius 1 is 1.09 bits per heavy atom. The molecule has 2 heterocycles. The van der Waals surface area contributed by atoms with Crippen molar-refractivity contribution in [2.75, 3.05) is 36.5 Å². The minimum absolute atomic E-state index is 0.0128. The summed E-state index contributed by atoms with van der Waals surface area (Å²) in [5.41, 5.74) is 2.07. The third-order valence-corrected chi connectivity index (χ3v) is 4.54. The lowest BCUT2D eigenvalue weighted by atomic mass is 10.1. The van der Waals surface area contributed by atoms with E-state index in [4.69, 9.17) is 4.74 Å². The molecular weight excluding hydrogens is 280 g/mol. The second-order valence-corrected chi connectivity index (χ2v) is 5.99. The molecule has 3 rings (SSSR count). The average molecular weight is 302 g/mol. The first-order chi connectivity index (χ1) is 10.7. The number of carbonyl (C=O) groups excluding carboxylic acids is 2. The van der Waals surface area contributed by atoms with Gasteiger partial charge >= 0.3 is 5.97 Å². The molecule has 1 atom stereocenters. The summed E-state index contributed by atoms with van der Waals surface area (Å²) in [5, 5.41) is 0. The number of rotatable bonds is 3. The van der Waals surface area contributed by atoms with Crippen LogP contribution in [-0.2, 0) is 14.3 Å². The van der Waals surface area contributed by atoms with Gasteiger partial charge in [0.15, 0.2) is 0 Å². The zero-order valence-electron chi connectivity index (χ0n) is 13.0. The Morgan fingerprint density at radius 3 is 2.36 bits per heavy atom. The average Bonchev–Trinajstić information content (AvgIpc) is 2.97. The first kappa shape index (κ1) is 14.9. The molecule has 22 heavy (non-hydrogen) atoms. The van der Waals surface area contributed by atoms with Crippen molar-refractivity contribution in [1.82, 2.24) is 0 Å². The SMILES string of the molecule is COC(=O)[C@H]1CC(=O)N(c2ccc(N3CCCCC3)cc2)C1. The molecule has 2 aliphatic rings. The molecule has 1 aromatic rings. The normalized spacial score (nSPS) is 22.0. The van der Waals surface area contributed by atoms with E-state index in [2.05, 4.69) is 17.0 Å². The van der Waals surface area contributed by atoms with Gasteiger partial charge in [0.25, 0.3) is 0 Å². The van der Waals surface area contributed by atoms with Crippen LogP contribution in [0.15, 0.2) is 24.3 Å². The van der Waals surface area contributed by atoms with Crippen molar-refractivity contribution in [3.63, 3.8) is 0 Å². The van der Waals surface area contributed by atoms with E-state index < -0.39 is 0 Å². The molecule has 1 aromatic carbocycles. The van der Waals surface area contributed by atoms with Gasteiger partial charge in [0.05, 0.1) is 13.0 Å². The highest BCUT2D eigenvalue weighted by Crippen LogP contribution is 2.28. The molecular formula is C17H22N2O3. The van der Waals surface area contributed by atoms with Crippen LogP contribution in [-0.4, -0.2) is 38.6 Å². The number of ether oxygens (including phenoxy) is 1. The minimum Gasteiger partial charge on any atom is -0.469 e.